The maximum atomic E-state index is 13.1. The lowest BCUT2D eigenvalue weighted by atomic mass is 9.65. The van der Waals surface area contributed by atoms with Crippen molar-refractivity contribution in [2.24, 2.45) is 70.0 Å². The highest BCUT2D eigenvalue weighted by Gasteiger charge is 2.66. The molecule has 6 fully saturated rings. The number of carbonyl (C=O) groups excluding carboxylic acids is 2. The molecule has 51 heavy (non-hydrogen) atoms. The first-order chi connectivity index (χ1) is 23.2. The molecule has 14 atom stereocenters. The molecule has 0 heterocycles. The zero-order valence-electron chi connectivity index (χ0n) is 31.5. The summed E-state index contributed by atoms with van der Waals surface area (Å²) in [6, 6.07) is 0. The number of halogens is 6. The minimum Gasteiger partial charge on any atom is -0.462 e. The predicted octanol–water partition coefficient (Wildman–Crippen LogP) is 9.05. The van der Waals surface area contributed by atoms with Gasteiger partial charge in [0, 0.05) is 0 Å². The quantitative estimate of drug-likeness (QED) is 0.132. The third-order valence-electron chi connectivity index (χ3n) is 14.8. The van der Waals surface area contributed by atoms with E-state index in [-0.39, 0.29) is 60.7 Å². The molecule has 0 aromatic rings. The monoisotopic (exact) mass is 738 g/mol. The Morgan fingerprint density at radius 3 is 1.43 bits per heavy atom. The fourth-order valence-electron chi connectivity index (χ4n) is 10.9. The average Bonchev–Trinajstić information content (AvgIpc) is 3.85. The van der Waals surface area contributed by atoms with Crippen molar-refractivity contribution >= 4 is 11.9 Å². The van der Waals surface area contributed by atoms with Crippen LogP contribution in [-0.4, -0.2) is 57.9 Å². The zero-order chi connectivity index (χ0) is 38.3. The maximum absolute atomic E-state index is 13.1. The van der Waals surface area contributed by atoms with E-state index >= 15 is 0 Å². The van der Waals surface area contributed by atoms with Gasteiger partial charge in [0.05, 0.1) is 10.8 Å². The number of esters is 2. The van der Waals surface area contributed by atoms with E-state index in [1.54, 1.807) is 0 Å². The average molecular weight is 739 g/mol. The van der Waals surface area contributed by atoms with Crippen molar-refractivity contribution in [1.82, 2.24) is 0 Å². The molecule has 294 valence electrons. The van der Waals surface area contributed by atoms with E-state index in [1.165, 1.54) is 0 Å². The summed E-state index contributed by atoms with van der Waals surface area (Å²) in [5.41, 5.74) is -6.23. The van der Waals surface area contributed by atoms with Gasteiger partial charge in [-0.15, -0.1) is 0 Å². The number of alkyl halides is 6. The van der Waals surface area contributed by atoms with Crippen molar-refractivity contribution < 1.29 is 55.6 Å². The summed E-state index contributed by atoms with van der Waals surface area (Å²) in [7, 11) is 0. The lowest BCUT2D eigenvalue weighted by Gasteiger charge is -2.43. The Hall–Kier alpha value is -1.56. The summed E-state index contributed by atoms with van der Waals surface area (Å²) in [5, 5.41) is 19.6. The van der Waals surface area contributed by atoms with Crippen LogP contribution in [0.1, 0.15) is 126 Å². The molecular weight excluding hydrogens is 678 g/mol. The Bertz CT molecular complexity index is 1290. The van der Waals surface area contributed by atoms with Crippen molar-refractivity contribution in [3.63, 3.8) is 0 Å². The SMILES string of the molecule is CCC(C)(C)C(=O)OC1CC2CC1C1C3CC(CC(C)(O)C(F)(F)F)C(C3)C21.CCC(C)(C)C(=O)OC1CC2CC1CC2CC(C)(O)C(F)(F)F. The van der Waals surface area contributed by atoms with Crippen molar-refractivity contribution in [2.75, 3.05) is 0 Å². The lowest BCUT2D eigenvalue weighted by Crippen LogP contribution is -2.46. The molecule has 6 aliphatic rings. The van der Waals surface area contributed by atoms with Gasteiger partial charge >= 0.3 is 24.3 Å². The Morgan fingerprint density at radius 1 is 0.549 bits per heavy atom. The minimum atomic E-state index is -4.61. The molecule has 0 spiro atoms. The number of aliphatic hydroxyl groups is 2. The molecule has 6 rings (SSSR count). The molecule has 0 aromatic heterocycles. The van der Waals surface area contributed by atoms with Gasteiger partial charge < -0.3 is 19.7 Å². The van der Waals surface area contributed by atoms with Gasteiger partial charge in [-0.3, -0.25) is 9.59 Å². The first-order valence-electron chi connectivity index (χ1n) is 19.2. The summed E-state index contributed by atoms with van der Waals surface area (Å²) in [6.45, 7) is 13.2. The fraction of sp³-hybridized carbons (Fsp3) is 0.949. The number of ether oxygens (including phenoxy) is 2. The second kappa shape index (κ2) is 13.6. The Kier molecular flexibility index (Phi) is 10.9. The molecule has 14 unspecified atom stereocenters. The summed E-state index contributed by atoms with van der Waals surface area (Å²) in [4.78, 5) is 24.7. The first-order valence-corrected chi connectivity index (χ1v) is 19.2. The van der Waals surface area contributed by atoms with Crippen molar-refractivity contribution in [2.45, 2.75) is 162 Å². The van der Waals surface area contributed by atoms with Gasteiger partial charge in [-0.25, -0.2) is 0 Å². The third kappa shape index (κ3) is 7.71. The Balaban J connectivity index is 0.000000202. The molecule has 6 bridgehead atoms. The molecule has 6 aliphatic carbocycles. The van der Waals surface area contributed by atoms with E-state index in [4.69, 9.17) is 9.47 Å². The lowest BCUT2D eigenvalue weighted by molar-refractivity contribution is -0.260. The van der Waals surface area contributed by atoms with E-state index in [2.05, 4.69) is 0 Å². The minimum absolute atomic E-state index is 0.0133. The van der Waals surface area contributed by atoms with Crippen LogP contribution in [0.2, 0.25) is 0 Å². The highest BCUT2D eigenvalue weighted by Crippen LogP contribution is 2.70. The second-order valence-corrected chi connectivity index (χ2v) is 19.0. The number of rotatable bonds is 10. The molecular formula is C39H60F6O6. The van der Waals surface area contributed by atoms with Gasteiger partial charge in [-0.2, -0.15) is 26.3 Å². The largest absolute Gasteiger partial charge is 0.462 e. The molecule has 2 N–H and O–H groups in total. The van der Waals surface area contributed by atoms with Crippen LogP contribution in [-0.2, 0) is 19.1 Å². The number of hydrogen-bond acceptors (Lipinski definition) is 6. The molecule has 0 amide bonds. The van der Waals surface area contributed by atoms with Crippen molar-refractivity contribution in [1.29, 1.82) is 0 Å². The van der Waals surface area contributed by atoms with Crippen LogP contribution in [0.15, 0.2) is 0 Å². The molecule has 0 radical (unpaired) electrons. The first kappa shape index (κ1) is 40.6. The Morgan fingerprint density at radius 2 is 0.961 bits per heavy atom. The van der Waals surface area contributed by atoms with Gasteiger partial charge in [0.25, 0.3) is 0 Å². The van der Waals surface area contributed by atoms with Crippen LogP contribution in [0, 0.1) is 70.0 Å². The number of carbonyl (C=O) groups is 2. The molecule has 0 saturated heterocycles. The third-order valence-corrected chi connectivity index (χ3v) is 14.8. The Labute approximate surface area is 299 Å². The van der Waals surface area contributed by atoms with E-state index in [0.29, 0.717) is 54.8 Å². The molecule has 6 saturated carbocycles. The topological polar surface area (TPSA) is 93.1 Å². The van der Waals surface area contributed by atoms with Crippen LogP contribution >= 0.6 is 0 Å². The van der Waals surface area contributed by atoms with Gasteiger partial charge in [0.1, 0.15) is 12.2 Å². The smallest absolute Gasteiger partial charge is 0.416 e. The van der Waals surface area contributed by atoms with Crippen LogP contribution < -0.4 is 0 Å². The number of fused-ring (bicyclic) bond motifs is 11. The summed E-state index contributed by atoms with van der Waals surface area (Å²) >= 11 is 0. The molecule has 12 heteroatoms. The predicted molar refractivity (Wildman–Crippen MR) is 178 cm³/mol. The van der Waals surface area contributed by atoms with Crippen molar-refractivity contribution in [3.8, 4) is 0 Å². The highest BCUT2D eigenvalue weighted by molar-refractivity contribution is 5.76. The second-order valence-electron chi connectivity index (χ2n) is 19.0. The van der Waals surface area contributed by atoms with Crippen LogP contribution in [0.4, 0.5) is 26.3 Å². The van der Waals surface area contributed by atoms with Gasteiger partial charge in [0.2, 0.25) is 0 Å². The van der Waals surface area contributed by atoms with Crippen LogP contribution in [0.5, 0.6) is 0 Å². The van der Waals surface area contributed by atoms with Crippen LogP contribution in [0.3, 0.4) is 0 Å². The highest BCUT2D eigenvalue weighted by atomic mass is 19.4. The van der Waals surface area contributed by atoms with E-state index < -0.39 is 34.4 Å². The van der Waals surface area contributed by atoms with Gasteiger partial charge in [0.15, 0.2) is 11.2 Å². The summed E-state index contributed by atoms with van der Waals surface area (Å²) < 4.78 is 89.5. The normalized spacial score (nSPS) is 39.2. The van der Waals surface area contributed by atoms with Crippen LogP contribution in [0.25, 0.3) is 0 Å². The van der Waals surface area contributed by atoms with E-state index in [1.807, 2.05) is 41.5 Å². The molecule has 0 aliphatic heterocycles. The van der Waals surface area contributed by atoms with E-state index in [9.17, 15) is 46.1 Å². The zero-order valence-corrected chi connectivity index (χ0v) is 31.5. The molecule has 0 aromatic carbocycles. The summed E-state index contributed by atoms with van der Waals surface area (Å²) in [6.07, 6.45) is -2.69. The summed E-state index contributed by atoms with van der Waals surface area (Å²) in [5.74, 6) is 2.24. The molecule has 6 nitrogen and oxygen atoms in total. The van der Waals surface area contributed by atoms with Gasteiger partial charge in [-0.1, -0.05) is 13.8 Å². The standard InChI is InChI=1S/C22H33F3O3.C17H27F3O3/c1-5-20(2,3)19(26)28-16-9-12-8-15(16)18-11-6-13(14(7-11)17(12)18)10-21(4,27)22(23,24)25;1-5-15(2,3)14(21)23-13-8-10-6-11(13)7-12(10)9-16(4,22)17(18,19)20/h11-18,27H,5-10H2,1-4H3;10-13,22H,5-9H2,1-4H3. The number of hydrogen-bond donors (Lipinski definition) is 2. The van der Waals surface area contributed by atoms with E-state index in [0.717, 1.165) is 52.4 Å². The maximum Gasteiger partial charge on any atom is 0.416 e. The fourth-order valence-corrected chi connectivity index (χ4v) is 10.9. The van der Waals surface area contributed by atoms with Crippen molar-refractivity contribution in [3.05, 3.63) is 0 Å². The van der Waals surface area contributed by atoms with Gasteiger partial charge in [-0.05, 0) is 171 Å².